The molecule has 0 aromatic heterocycles. The molecule has 0 aliphatic carbocycles. The second kappa shape index (κ2) is 6.65. The van der Waals surface area contributed by atoms with Gasteiger partial charge < -0.3 is 10.2 Å². The van der Waals surface area contributed by atoms with Crippen LogP contribution in [-0.4, -0.2) is 26.0 Å². The molecule has 0 bridgehead atoms. The van der Waals surface area contributed by atoms with Gasteiger partial charge in [-0.1, -0.05) is 30.3 Å². The number of amides is 1. The lowest BCUT2D eigenvalue weighted by molar-refractivity contribution is 0.0963. The first-order valence-electron chi connectivity index (χ1n) is 7.90. The van der Waals surface area contributed by atoms with Gasteiger partial charge in [-0.05, 0) is 42.7 Å². The van der Waals surface area contributed by atoms with Gasteiger partial charge in [0.05, 0.1) is 0 Å². The maximum Gasteiger partial charge on any atom is 0.251 e. The van der Waals surface area contributed by atoms with Gasteiger partial charge in [0.2, 0.25) is 0 Å². The predicted octanol–water partition coefficient (Wildman–Crippen LogP) is 3.43. The summed E-state index contributed by atoms with van der Waals surface area (Å²) in [5, 5.41) is 2.66. The van der Waals surface area contributed by atoms with Crippen LogP contribution >= 0.6 is 0 Å². The van der Waals surface area contributed by atoms with Crippen molar-refractivity contribution < 1.29 is 4.79 Å². The molecule has 1 aliphatic heterocycles. The fraction of sp³-hybridized carbons (Fsp3) is 0.316. The number of nitrogens with zero attached hydrogens (tertiary/aromatic N) is 1. The molecule has 3 rings (SSSR count). The van der Waals surface area contributed by atoms with Gasteiger partial charge in [0, 0.05) is 37.3 Å². The lowest BCUT2D eigenvalue weighted by Crippen LogP contribution is -2.34. The first-order valence-corrected chi connectivity index (χ1v) is 7.90. The molecule has 1 atom stereocenters. The Labute approximate surface area is 132 Å². The summed E-state index contributed by atoms with van der Waals surface area (Å²) in [4.78, 5) is 14.0. The summed E-state index contributed by atoms with van der Waals surface area (Å²) >= 11 is 0. The Morgan fingerprint density at radius 2 is 1.82 bits per heavy atom. The van der Waals surface area contributed by atoms with Gasteiger partial charge in [0.25, 0.3) is 5.91 Å². The molecule has 2 aromatic carbocycles. The number of anilines is 1. The van der Waals surface area contributed by atoms with Crippen LogP contribution in [0.2, 0.25) is 0 Å². The minimum Gasteiger partial charge on any atom is -0.371 e. The number of rotatable bonds is 3. The Bertz CT molecular complexity index is 622. The Kier molecular flexibility index (Phi) is 4.42. The molecule has 0 saturated carbocycles. The summed E-state index contributed by atoms with van der Waals surface area (Å²) in [5.74, 6) is 0.556. The summed E-state index contributed by atoms with van der Waals surface area (Å²) in [7, 11) is 1.66. The van der Waals surface area contributed by atoms with Crippen molar-refractivity contribution in [2.75, 3.05) is 25.0 Å². The van der Waals surface area contributed by atoms with Crippen molar-refractivity contribution in [2.45, 2.75) is 18.8 Å². The third-order valence-electron chi connectivity index (χ3n) is 4.41. The Morgan fingerprint density at radius 3 is 2.50 bits per heavy atom. The maximum absolute atomic E-state index is 11.6. The molecule has 1 aliphatic rings. The van der Waals surface area contributed by atoms with Gasteiger partial charge in [-0.2, -0.15) is 0 Å². The molecule has 1 saturated heterocycles. The lowest BCUT2D eigenvalue weighted by atomic mass is 9.90. The van der Waals surface area contributed by atoms with Crippen LogP contribution in [0, 0.1) is 0 Å². The molecular weight excluding hydrogens is 272 g/mol. The quantitative estimate of drug-likeness (QED) is 0.940. The number of hydrogen-bond acceptors (Lipinski definition) is 2. The molecule has 3 nitrogen and oxygen atoms in total. The van der Waals surface area contributed by atoms with E-state index in [1.54, 1.807) is 7.05 Å². The van der Waals surface area contributed by atoms with E-state index in [0.717, 1.165) is 13.1 Å². The zero-order valence-corrected chi connectivity index (χ0v) is 13.0. The number of hydrogen-bond donors (Lipinski definition) is 1. The van der Waals surface area contributed by atoms with Crippen LogP contribution in [0.3, 0.4) is 0 Å². The smallest absolute Gasteiger partial charge is 0.251 e. The van der Waals surface area contributed by atoms with Crippen molar-refractivity contribution in [1.29, 1.82) is 0 Å². The van der Waals surface area contributed by atoms with Gasteiger partial charge >= 0.3 is 0 Å². The molecule has 114 valence electrons. The molecular formula is C19H22N2O. The largest absolute Gasteiger partial charge is 0.371 e. The highest BCUT2D eigenvalue weighted by Gasteiger charge is 2.21. The average molecular weight is 294 g/mol. The fourth-order valence-corrected chi connectivity index (χ4v) is 3.18. The molecule has 1 heterocycles. The van der Waals surface area contributed by atoms with Gasteiger partial charge in [-0.25, -0.2) is 0 Å². The van der Waals surface area contributed by atoms with E-state index in [9.17, 15) is 4.79 Å². The van der Waals surface area contributed by atoms with Crippen LogP contribution < -0.4 is 10.2 Å². The summed E-state index contributed by atoms with van der Waals surface area (Å²) in [6.45, 7) is 2.13. The Morgan fingerprint density at radius 1 is 1.09 bits per heavy atom. The van der Waals surface area contributed by atoms with Crippen molar-refractivity contribution >= 4 is 11.6 Å². The van der Waals surface area contributed by atoms with E-state index >= 15 is 0 Å². The summed E-state index contributed by atoms with van der Waals surface area (Å²) in [6, 6.07) is 18.7. The van der Waals surface area contributed by atoms with E-state index in [1.807, 2.05) is 12.1 Å². The first kappa shape index (κ1) is 14.6. The summed E-state index contributed by atoms with van der Waals surface area (Å²) < 4.78 is 0. The Hall–Kier alpha value is -2.29. The van der Waals surface area contributed by atoms with Crippen molar-refractivity contribution in [3.63, 3.8) is 0 Å². The molecule has 0 spiro atoms. The van der Waals surface area contributed by atoms with Gasteiger partial charge in [-0.3, -0.25) is 4.79 Å². The highest BCUT2D eigenvalue weighted by Crippen LogP contribution is 2.29. The van der Waals surface area contributed by atoms with E-state index in [2.05, 4.69) is 52.7 Å². The molecule has 2 aromatic rings. The van der Waals surface area contributed by atoms with Crippen molar-refractivity contribution in [1.82, 2.24) is 5.32 Å². The van der Waals surface area contributed by atoms with Crippen LogP contribution in [0.25, 0.3) is 0 Å². The topological polar surface area (TPSA) is 32.3 Å². The Balaban J connectivity index is 1.73. The number of benzene rings is 2. The van der Waals surface area contributed by atoms with Gasteiger partial charge in [-0.15, -0.1) is 0 Å². The fourth-order valence-electron chi connectivity index (χ4n) is 3.18. The molecule has 1 unspecified atom stereocenters. The third-order valence-corrected chi connectivity index (χ3v) is 4.41. The van der Waals surface area contributed by atoms with Crippen LogP contribution in [-0.2, 0) is 0 Å². The van der Waals surface area contributed by atoms with Crippen molar-refractivity contribution in [2.24, 2.45) is 0 Å². The number of carbonyl (C=O) groups excluding carboxylic acids is 1. The van der Waals surface area contributed by atoms with E-state index in [-0.39, 0.29) is 5.91 Å². The normalized spacial score (nSPS) is 18.0. The first-order chi connectivity index (χ1) is 10.8. The van der Waals surface area contributed by atoms with E-state index in [4.69, 9.17) is 0 Å². The molecule has 1 amide bonds. The summed E-state index contributed by atoms with van der Waals surface area (Å²) in [5.41, 5.74) is 3.34. The maximum atomic E-state index is 11.6. The van der Waals surface area contributed by atoms with Crippen LogP contribution in [0.4, 0.5) is 5.69 Å². The molecule has 22 heavy (non-hydrogen) atoms. The lowest BCUT2D eigenvalue weighted by Gasteiger charge is -2.34. The average Bonchev–Trinajstić information content (AvgIpc) is 2.62. The number of nitrogens with one attached hydrogen (secondary N) is 1. The highest BCUT2D eigenvalue weighted by molar-refractivity contribution is 5.94. The van der Waals surface area contributed by atoms with Crippen LogP contribution in [0.1, 0.15) is 34.7 Å². The zero-order chi connectivity index (χ0) is 15.4. The van der Waals surface area contributed by atoms with Crippen molar-refractivity contribution in [3.8, 4) is 0 Å². The standard InChI is InChI=1S/C19H22N2O/c1-20-19(22)16-9-11-18(12-10-16)21-13-5-8-17(14-21)15-6-3-2-4-7-15/h2-4,6-7,9-12,17H,5,8,13-14H2,1H3,(H,20,22). The zero-order valence-electron chi connectivity index (χ0n) is 13.0. The van der Waals surface area contributed by atoms with Gasteiger partial charge in [0.1, 0.15) is 0 Å². The predicted molar refractivity (Wildman–Crippen MR) is 90.5 cm³/mol. The molecule has 0 radical (unpaired) electrons. The molecule has 1 N–H and O–H groups in total. The number of piperidine rings is 1. The minimum absolute atomic E-state index is 0.0349. The van der Waals surface area contributed by atoms with E-state index in [0.29, 0.717) is 11.5 Å². The van der Waals surface area contributed by atoms with Crippen molar-refractivity contribution in [3.05, 3.63) is 65.7 Å². The number of carbonyl (C=O) groups is 1. The SMILES string of the molecule is CNC(=O)c1ccc(N2CCCC(c3ccccc3)C2)cc1. The second-order valence-corrected chi connectivity index (χ2v) is 5.82. The van der Waals surface area contributed by atoms with Gasteiger partial charge in [0.15, 0.2) is 0 Å². The highest BCUT2D eigenvalue weighted by atomic mass is 16.1. The van der Waals surface area contributed by atoms with Crippen LogP contribution in [0.15, 0.2) is 54.6 Å². The van der Waals surface area contributed by atoms with E-state index in [1.165, 1.54) is 24.1 Å². The van der Waals surface area contributed by atoms with Crippen LogP contribution in [0.5, 0.6) is 0 Å². The third kappa shape index (κ3) is 3.14. The second-order valence-electron chi connectivity index (χ2n) is 5.82. The monoisotopic (exact) mass is 294 g/mol. The molecule has 3 heteroatoms. The molecule has 1 fully saturated rings. The minimum atomic E-state index is -0.0349. The summed E-state index contributed by atoms with van der Waals surface area (Å²) in [6.07, 6.45) is 2.45. The van der Waals surface area contributed by atoms with E-state index < -0.39 is 0 Å².